The maximum Gasteiger partial charge on any atom is 0.287 e. The van der Waals surface area contributed by atoms with Gasteiger partial charge in [0.2, 0.25) is 0 Å². The molecule has 4 heteroatoms. The van der Waals surface area contributed by atoms with E-state index in [1.807, 2.05) is 12.2 Å². The number of benzene rings is 1. The molecule has 1 aliphatic heterocycles. The molecule has 0 saturated heterocycles. The van der Waals surface area contributed by atoms with E-state index < -0.39 is 0 Å². The zero-order chi connectivity index (χ0) is 51.3. The van der Waals surface area contributed by atoms with Crippen LogP contribution in [0.15, 0.2) is 173 Å². The fraction of sp³-hybridized carbons (Fsp3) is 0.477. The molecule has 0 saturated carbocycles. The van der Waals surface area contributed by atoms with Gasteiger partial charge >= 0.3 is 0 Å². The Bertz CT molecular complexity index is 2450. The number of fused-ring (bicyclic) bond motifs is 4. The minimum Gasteiger partial charge on any atom is -0.468 e. The zero-order valence-corrected chi connectivity index (χ0v) is 46.5. The van der Waals surface area contributed by atoms with E-state index >= 15 is 0 Å². The van der Waals surface area contributed by atoms with Crippen LogP contribution in [0.1, 0.15) is 173 Å². The van der Waals surface area contributed by atoms with E-state index in [4.69, 9.17) is 4.42 Å². The summed E-state index contributed by atoms with van der Waals surface area (Å²) in [4.78, 5) is 2.50. The van der Waals surface area contributed by atoms with Crippen molar-refractivity contribution in [3.8, 4) is 0 Å². The number of nitrogens with zero attached hydrogens (tertiary/aromatic N) is 1. The van der Waals surface area contributed by atoms with E-state index in [0.717, 1.165) is 95.3 Å². The van der Waals surface area contributed by atoms with E-state index in [1.54, 1.807) is 0 Å². The molecular weight excluding hydrogens is 836 g/mol. The van der Waals surface area contributed by atoms with E-state index in [-0.39, 0.29) is 28.4 Å². The molecule has 69 heavy (non-hydrogen) atoms. The Morgan fingerprint density at radius 3 is 2.00 bits per heavy atom. The molecule has 2 aromatic rings. The van der Waals surface area contributed by atoms with Gasteiger partial charge in [-0.3, -0.25) is 0 Å². The fourth-order valence-corrected chi connectivity index (χ4v) is 9.79. The molecule has 1 aromatic carbocycles. The van der Waals surface area contributed by atoms with Crippen molar-refractivity contribution in [3.05, 3.63) is 179 Å². The molecule has 1 N–H and O–H groups in total. The highest BCUT2D eigenvalue weighted by atomic mass is 16.3. The van der Waals surface area contributed by atoms with E-state index in [0.29, 0.717) is 18.4 Å². The Hall–Kier alpha value is -4.96. The lowest BCUT2D eigenvalue weighted by atomic mass is 9.40. The second-order valence-corrected chi connectivity index (χ2v) is 23.4. The summed E-state index contributed by atoms with van der Waals surface area (Å²) >= 11 is 0. The lowest BCUT2D eigenvalue weighted by molar-refractivity contribution is 0.332. The second kappa shape index (κ2) is 24.7. The molecule has 0 bridgehead atoms. The zero-order valence-electron chi connectivity index (χ0n) is 46.5. The molecule has 0 radical (unpaired) electrons. The number of hydrogen-bond donors (Lipinski definition) is 1. The summed E-state index contributed by atoms with van der Waals surface area (Å²) in [7, 11) is 0. The van der Waals surface area contributed by atoms with Gasteiger partial charge in [0.15, 0.2) is 0 Å². The summed E-state index contributed by atoms with van der Waals surface area (Å²) < 4.78 is 7.37. The number of nitrogens with one attached hydrogen (secondary N) is 1. The smallest absolute Gasteiger partial charge is 0.287 e. The second-order valence-electron chi connectivity index (χ2n) is 23.4. The van der Waals surface area contributed by atoms with Crippen molar-refractivity contribution in [1.29, 1.82) is 0 Å². The van der Waals surface area contributed by atoms with Gasteiger partial charge in [-0.15, -0.1) is 5.98 Å². The monoisotopic (exact) mass is 929 g/mol. The molecule has 0 unspecified atom stereocenters. The third-order valence-electron chi connectivity index (χ3n) is 14.8. The van der Waals surface area contributed by atoms with Gasteiger partial charge in [0, 0.05) is 23.3 Å². The first-order valence-corrected chi connectivity index (χ1v) is 26.3. The van der Waals surface area contributed by atoms with Crippen molar-refractivity contribution in [2.45, 2.75) is 173 Å². The van der Waals surface area contributed by atoms with Gasteiger partial charge in [-0.25, -0.2) is 0 Å². The van der Waals surface area contributed by atoms with Gasteiger partial charge in [-0.1, -0.05) is 201 Å². The Kier molecular flexibility index (Phi) is 20.3. The number of furan rings is 1. The summed E-state index contributed by atoms with van der Waals surface area (Å²) in [5.41, 5.74) is 13.8. The van der Waals surface area contributed by atoms with Crippen LogP contribution in [0.5, 0.6) is 0 Å². The van der Waals surface area contributed by atoms with Gasteiger partial charge in [0.05, 0.1) is 11.3 Å². The average Bonchev–Trinajstić information content (AvgIpc) is 3.66. The van der Waals surface area contributed by atoms with Crippen molar-refractivity contribution in [1.82, 2.24) is 5.32 Å². The SMILES string of the molecule is C=C/C(=C\C=C\B1C(=C\NC(/C=C/C/C=C\C=C/CC)=C(\C)C=C)/C(=C\C(=C)C)N(C/C=C\C(=C/C)C(C)(C)CCC(C)C)c2c1oc1cc3c(cc21)C(C)(C)CCC3(C)C)C(C)(C)CCC(C)C. The van der Waals surface area contributed by atoms with E-state index in [2.05, 4.69) is 238 Å². The topological polar surface area (TPSA) is 28.4 Å². The van der Waals surface area contributed by atoms with Gasteiger partial charge in [0.25, 0.3) is 6.71 Å². The summed E-state index contributed by atoms with van der Waals surface area (Å²) in [6.07, 6.45) is 41.7. The van der Waals surface area contributed by atoms with E-state index in [1.165, 1.54) is 28.7 Å². The number of allylic oxidation sites excluding steroid dienone is 18. The summed E-state index contributed by atoms with van der Waals surface area (Å²) in [5, 5.41) is 4.98. The van der Waals surface area contributed by atoms with Crippen LogP contribution in [-0.4, -0.2) is 13.3 Å². The van der Waals surface area contributed by atoms with Crippen LogP contribution >= 0.6 is 0 Å². The molecule has 372 valence electrons. The summed E-state index contributed by atoms with van der Waals surface area (Å²) in [6, 6.07) is 4.87. The van der Waals surface area contributed by atoms with Gasteiger partial charge in [-0.2, -0.15) is 0 Å². The van der Waals surface area contributed by atoms with Gasteiger partial charge in [0.1, 0.15) is 5.58 Å². The van der Waals surface area contributed by atoms with Crippen LogP contribution < -0.4 is 15.9 Å². The van der Waals surface area contributed by atoms with Crippen molar-refractivity contribution in [3.63, 3.8) is 0 Å². The summed E-state index contributed by atoms with van der Waals surface area (Å²) in [5.74, 6) is 3.63. The Labute approximate surface area is 423 Å². The minimum atomic E-state index is -0.228. The van der Waals surface area contributed by atoms with Gasteiger partial charge < -0.3 is 14.6 Å². The first-order chi connectivity index (χ1) is 32.4. The molecule has 0 amide bonds. The fourth-order valence-electron chi connectivity index (χ4n) is 9.79. The molecule has 0 fully saturated rings. The molecule has 1 aromatic heterocycles. The number of hydrogen-bond acceptors (Lipinski definition) is 3. The highest BCUT2D eigenvalue weighted by Gasteiger charge is 2.42. The third-order valence-corrected chi connectivity index (χ3v) is 14.8. The predicted octanol–water partition coefficient (Wildman–Crippen LogP) is 18.3. The predicted molar refractivity (Wildman–Crippen MR) is 310 cm³/mol. The van der Waals surface area contributed by atoms with Crippen LogP contribution in [0.2, 0.25) is 0 Å². The van der Waals surface area contributed by atoms with E-state index in [9.17, 15) is 0 Å². The molecule has 2 aliphatic rings. The Morgan fingerprint density at radius 2 is 1.43 bits per heavy atom. The van der Waals surface area contributed by atoms with Crippen molar-refractivity contribution in [2.75, 3.05) is 11.4 Å². The molecule has 2 heterocycles. The Morgan fingerprint density at radius 1 is 0.826 bits per heavy atom. The van der Waals surface area contributed by atoms with Crippen molar-refractivity contribution >= 4 is 29.0 Å². The quantitative estimate of drug-likeness (QED) is 0.0889. The maximum absolute atomic E-state index is 7.37. The minimum absolute atomic E-state index is 0.0225. The lowest BCUT2D eigenvalue weighted by Gasteiger charge is -2.42. The largest absolute Gasteiger partial charge is 0.468 e. The summed E-state index contributed by atoms with van der Waals surface area (Å²) in [6.45, 7) is 50.4. The molecular formula is C65H93BN2O. The Balaban J connectivity index is 2.10. The van der Waals surface area contributed by atoms with Crippen LogP contribution in [0.4, 0.5) is 5.69 Å². The van der Waals surface area contributed by atoms with Crippen LogP contribution in [0.25, 0.3) is 11.0 Å². The van der Waals surface area contributed by atoms with Crippen molar-refractivity contribution in [2.24, 2.45) is 22.7 Å². The molecule has 4 rings (SSSR count). The molecule has 0 spiro atoms. The molecule has 3 nitrogen and oxygen atoms in total. The molecule has 0 atom stereocenters. The average molecular weight is 929 g/mol. The highest BCUT2D eigenvalue weighted by molar-refractivity contribution is 6.86. The standard InChI is InChI=1S/C65H93BN2O/c1-20-24-25-26-27-28-29-34-57(50(11)21-2)67-46-56-58(43-49(9)10)68(42-31-33-52(23-4)63(14,15)38-36-48(7)8)60-53-44-54-55(65(18,19)40-39-64(54,16)17)45-59(53)69-61(60)66(56)41-30-32-51(22-3)62(12,13)37-35-47(5)6/h21-27,29-34,41,43-48,67H,2-3,9,20,28,35-40,42H2,1,4-8,10-19H3/b25-24-,27-26-,33-31-,34-29+,41-30+,51-32+,52-23+,56-46-,57-50+,58-43+. The van der Waals surface area contributed by atoms with Crippen LogP contribution in [-0.2, 0) is 10.8 Å². The number of rotatable bonds is 23. The van der Waals surface area contributed by atoms with Crippen LogP contribution in [0.3, 0.4) is 0 Å². The third kappa shape index (κ3) is 14.8. The van der Waals surface area contributed by atoms with Crippen molar-refractivity contribution < 1.29 is 4.42 Å². The maximum atomic E-state index is 7.37. The molecule has 1 aliphatic carbocycles. The normalized spacial score (nSPS) is 18.6. The van der Waals surface area contributed by atoms with Crippen LogP contribution in [0, 0.1) is 22.7 Å². The highest BCUT2D eigenvalue weighted by Crippen LogP contribution is 2.49. The van der Waals surface area contributed by atoms with Gasteiger partial charge in [-0.05, 0) is 157 Å². The number of anilines is 1. The first-order valence-electron chi connectivity index (χ1n) is 26.3. The lowest BCUT2D eigenvalue weighted by Crippen LogP contribution is -2.45. The first kappa shape index (κ1) is 56.6.